The molecule has 1 amide bonds. The van der Waals surface area contributed by atoms with E-state index in [0.717, 1.165) is 17.1 Å². The van der Waals surface area contributed by atoms with E-state index in [0.29, 0.717) is 17.9 Å². The summed E-state index contributed by atoms with van der Waals surface area (Å²) in [6.45, 7) is 4.26. The third kappa shape index (κ3) is 1.96. The van der Waals surface area contributed by atoms with Gasteiger partial charge in [-0.2, -0.15) is 4.79 Å². The maximum absolute atomic E-state index is 13.1. The smallest absolute Gasteiger partial charge is 0.361 e. The largest absolute Gasteiger partial charge is 0.387 e. The first-order valence-corrected chi connectivity index (χ1v) is 10.2. The van der Waals surface area contributed by atoms with Crippen LogP contribution in [0.15, 0.2) is 30.3 Å². The van der Waals surface area contributed by atoms with Gasteiger partial charge in [-0.15, -0.1) is 0 Å². The quantitative estimate of drug-likeness (QED) is 0.460. The third-order valence-electron chi connectivity index (χ3n) is 6.96. The fourth-order valence-corrected chi connectivity index (χ4v) is 7.99. The first-order valence-electron chi connectivity index (χ1n) is 8.58. The number of fused-ring (bicyclic) bond motifs is 1. The Hall–Kier alpha value is -1.98. The Morgan fingerprint density at radius 2 is 1.96 bits per heavy atom. The van der Waals surface area contributed by atoms with Gasteiger partial charge in [-0.25, -0.2) is 12.7 Å². The standard InChI is InChI=1S/C18H21N3O3S/c1-17(2)13-8-9-18(17)11-25(23,24)21(14(18)10-13)16(22)15(20-19)12-6-4-3-5-7-12/h3-7,13-14H,8-11H2,1-2H3/t13-,14-,18-/m1/s1. The van der Waals surface area contributed by atoms with Crippen molar-refractivity contribution in [1.82, 2.24) is 4.31 Å². The molecule has 3 atom stereocenters. The van der Waals surface area contributed by atoms with Gasteiger partial charge in [0.1, 0.15) is 0 Å². The number of hydrogen-bond donors (Lipinski definition) is 0. The predicted octanol–water partition coefficient (Wildman–Crippen LogP) is 2.07. The molecule has 25 heavy (non-hydrogen) atoms. The molecule has 7 heteroatoms. The van der Waals surface area contributed by atoms with Gasteiger partial charge in [0.15, 0.2) is 0 Å². The van der Waals surface area contributed by atoms with E-state index < -0.39 is 15.9 Å². The van der Waals surface area contributed by atoms with Gasteiger partial charge in [0, 0.05) is 5.41 Å². The summed E-state index contributed by atoms with van der Waals surface area (Å²) in [6, 6.07) is 8.15. The summed E-state index contributed by atoms with van der Waals surface area (Å²) in [5.74, 6) is -0.290. The number of benzene rings is 1. The van der Waals surface area contributed by atoms with Gasteiger partial charge in [0.05, 0.1) is 17.4 Å². The van der Waals surface area contributed by atoms with Crippen molar-refractivity contribution >= 4 is 21.6 Å². The molecular weight excluding hydrogens is 338 g/mol. The molecule has 3 aliphatic rings. The van der Waals surface area contributed by atoms with Crippen LogP contribution in [0.5, 0.6) is 0 Å². The number of sulfonamides is 1. The molecule has 1 aromatic rings. The van der Waals surface area contributed by atoms with Crippen molar-refractivity contribution in [1.29, 1.82) is 0 Å². The van der Waals surface area contributed by atoms with Crippen LogP contribution in [0.2, 0.25) is 0 Å². The number of nitrogens with zero attached hydrogens (tertiary/aromatic N) is 3. The summed E-state index contributed by atoms with van der Waals surface area (Å²) in [4.78, 5) is 16.2. The molecule has 1 aliphatic heterocycles. The van der Waals surface area contributed by atoms with Gasteiger partial charge in [0.25, 0.3) is 0 Å². The topological polar surface area (TPSA) is 90.9 Å². The molecule has 2 aliphatic carbocycles. The fraction of sp³-hybridized carbons (Fsp3) is 0.556. The Bertz CT molecular complexity index is 903. The average molecular weight is 359 g/mol. The van der Waals surface area contributed by atoms with E-state index in [1.165, 1.54) is 0 Å². The molecular formula is C18H21N3O3S. The zero-order chi connectivity index (χ0) is 18.0. The van der Waals surface area contributed by atoms with Crippen LogP contribution in [-0.2, 0) is 14.8 Å². The number of rotatable bonds is 2. The van der Waals surface area contributed by atoms with Crippen molar-refractivity contribution in [2.24, 2.45) is 16.7 Å². The summed E-state index contributed by atoms with van der Waals surface area (Å²) in [6.07, 6.45) is 2.54. The van der Waals surface area contributed by atoms with E-state index in [9.17, 15) is 18.7 Å². The van der Waals surface area contributed by atoms with Gasteiger partial charge in [-0.05, 0) is 42.7 Å². The third-order valence-corrected chi connectivity index (χ3v) is 8.86. The van der Waals surface area contributed by atoms with Crippen molar-refractivity contribution in [3.8, 4) is 0 Å². The predicted molar refractivity (Wildman–Crippen MR) is 92.1 cm³/mol. The number of carbonyl (C=O) groups excluding carboxylic acids is 1. The van der Waals surface area contributed by atoms with Crippen LogP contribution < -0.4 is 0 Å². The molecule has 2 saturated carbocycles. The highest BCUT2D eigenvalue weighted by molar-refractivity contribution is 7.90. The minimum Gasteiger partial charge on any atom is -0.361 e. The molecule has 1 saturated heterocycles. The lowest BCUT2D eigenvalue weighted by atomic mass is 9.69. The van der Waals surface area contributed by atoms with E-state index in [1.54, 1.807) is 30.3 Å². The lowest BCUT2D eigenvalue weighted by molar-refractivity contribution is -0.126. The van der Waals surface area contributed by atoms with Crippen molar-refractivity contribution in [2.45, 2.75) is 39.2 Å². The molecule has 1 heterocycles. The van der Waals surface area contributed by atoms with Crippen LogP contribution in [0.3, 0.4) is 0 Å². The Morgan fingerprint density at radius 1 is 1.28 bits per heavy atom. The average Bonchev–Trinajstić information content (AvgIpc) is 3.03. The van der Waals surface area contributed by atoms with Crippen LogP contribution >= 0.6 is 0 Å². The molecule has 2 bridgehead atoms. The molecule has 132 valence electrons. The van der Waals surface area contributed by atoms with E-state index in [2.05, 4.69) is 18.6 Å². The normalized spacial score (nSPS) is 33.8. The SMILES string of the molecule is CC1(C)[C@@H]2CC[C@]13CS(=O)(=O)N(C(=O)C(=[N+]=[N-])c1ccccc1)[C@@H]3C2. The van der Waals surface area contributed by atoms with E-state index >= 15 is 0 Å². The van der Waals surface area contributed by atoms with Crippen molar-refractivity contribution in [3.05, 3.63) is 41.4 Å². The van der Waals surface area contributed by atoms with Gasteiger partial charge in [-0.1, -0.05) is 32.0 Å². The first kappa shape index (κ1) is 16.5. The van der Waals surface area contributed by atoms with Crippen molar-refractivity contribution < 1.29 is 18.0 Å². The van der Waals surface area contributed by atoms with E-state index in [4.69, 9.17) is 0 Å². The molecule has 0 N–H and O–H groups in total. The number of hydrogen-bond acceptors (Lipinski definition) is 3. The van der Waals surface area contributed by atoms with Crippen LogP contribution in [0.1, 0.15) is 38.7 Å². The highest BCUT2D eigenvalue weighted by atomic mass is 32.2. The Labute approximate surface area is 147 Å². The van der Waals surface area contributed by atoms with E-state index in [-0.39, 0.29) is 28.3 Å². The van der Waals surface area contributed by atoms with Gasteiger partial charge < -0.3 is 5.53 Å². The Morgan fingerprint density at radius 3 is 2.56 bits per heavy atom. The van der Waals surface area contributed by atoms with Gasteiger partial charge >= 0.3 is 11.6 Å². The van der Waals surface area contributed by atoms with Crippen LogP contribution in [-0.4, -0.2) is 40.9 Å². The zero-order valence-corrected chi connectivity index (χ0v) is 15.2. The number of carbonyl (C=O) groups is 1. The molecule has 0 aromatic heterocycles. The molecule has 4 rings (SSSR count). The summed E-state index contributed by atoms with van der Waals surface area (Å²) < 4.78 is 26.8. The highest BCUT2D eigenvalue weighted by Gasteiger charge is 2.72. The zero-order valence-electron chi connectivity index (χ0n) is 14.3. The summed E-state index contributed by atoms with van der Waals surface area (Å²) in [5.41, 5.74) is 9.10. The van der Waals surface area contributed by atoms with Gasteiger partial charge in [0.2, 0.25) is 10.0 Å². The van der Waals surface area contributed by atoms with Crippen LogP contribution in [0.4, 0.5) is 0 Å². The molecule has 3 fully saturated rings. The highest BCUT2D eigenvalue weighted by Crippen LogP contribution is 2.69. The fourth-order valence-electron chi connectivity index (χ4n) is 5.48. The first-order chi connectivity index (χ1) is 11.7. The summed E-state index contributed by atoms with van der Waals surface area (Å²) in [7, 11) is -3.73. The second-order valence-electron chi connectivity index (χ2n) is 8.04. The van der Waals surface area contributed by atoms with Gasteiger partial charge in [-0.3, -0.25) is 4.79 Å². The Balaban J connectivity index is 1.78. The molecule has 0 unspecified atom stereocenters. The maximum atomic E-state index is 13.1. The minimum atomic E-state index is -3.73. The maximum Gasteiger partial charge on any atom is 0.387 e. The monoisotopic (exact) mass is 359 g/mol. The Kier molecular flexibility index (Phi) is 3.31. The van der Waals surface area contributed by atoms with Crippen LogP contribution in [0.25, 0.3) is 5.53 Å². The molecule has 1 spiro atoms. The molecule has 0 radical (unpaired) electrons. The molecule has 6 nitrogen and oxygen atoms in total. The van der Waals surface area contributed by atoms with E-state index in [1.807, 2.05) is 0 Å². The summed E-state index contributed by atoms with van der Waals surface area (Å²) in [5, 5.41) is 0. The van der Waals surface area contributed by atoms with Crippen LogP contribution in [0, 0.1) is 16.7 Å². The van der Waals surface area contributed by atoms with Crippen molar-refractivity contribution in [3.63, 3.8) is 0 Å². The lowest BCUT2D eigenvalue weighted by Crippen LogP contribution is -2.47. The second kappa shape index (κ2) is 5.02. The minimum absolute atomic E-state index is 0.00735. The summed E-state index contributed by atoms with van der Waals surface area (Å²) >= 11 is 0. The molecule has 1 aromatic carbocycles. The number of amides is 1. The van der Waals surface area contributed by atoms with Crippen molar-refractivity contribution in [2.75, 3.05) is 5.75 Å². The lowest BCUT2D eigenvalue weighted by Gasteiger charge is -2.36. The second-order valence-corrected chi connectivity index (χ2v) is 9.88.